The molecule has 64 heavy (non-hydrogen) atoms. The minimum Gasteiger partial charge on any atom is -0.489 e. The molecule has 0 aromatic heterocycles. The first-order chi connectivity index (χ1) is 30.5. The summed E-state index contributed by atoms with van der Waals surface area (Å²) in [5, 5.41) is 18.1. The molecule has 0 saturated carbocycles. The molecule has 6 nitrogen and oxygen atoms in total. The predicted octanol–water partition coefficient (Wildman–Crippen LogP) is 13.1. The van der Waals surface area contributed by atoms with Crippen molar-refractivity contribution in [2.24, 2.45) is 0 Å². The van der Waals surface area contributed by atoms with Gasteiger partial charge in [-0.1, -0.05) is 96.8 Å². The molecule has 0 fully saturated rings. The summed E-state index contributed by atoms with van der Waals surface area (Å²) < 4.78 is 88.2. The molecule has 6 rings (SSSR count). The quantitative estimate of drug-likeness (QED) is 0.0836. The van der Waals surface area contributed by atoms with Gasteiger partial charge < -0.3 is 19.7 Å². The molecule has 0 amide bonds. The summed E-state index contributed by atoms with van der Waals surface area (Å²) in [5.41, 5.74) is 4.95. The monoisotopic (exact) mass is 876 g/mol. The van der Waals surface area contributed by atoms with Crippen LogP contribution in [0.4, 0.5) is 26.3 Å². The normalized spacial score (nSPS) is 11.9. The van der Waals surface area contributed by atoms with Gasteiger partial charge in [0.05, 0.1) is 35.8 Å². The fraction of sp³-hybridized carbons (Fsp3) is 0.192. The number of carboxylic acid groups (broad SMARTS) is 2. The van der Waals surface area contributed by atoms with Crippen LogP contribution in [0.15, 0.2) is 146 Å². The van der Waals surface area contributed by atoms with Crippen molar-refractivity contribution in [3.05, 3.63) is 179 Å². The van der Waals surface area contributed by atoms with E-state index in [1.54, 1.807) is 62.4 Å². The first-order valence-corrected chi connectivity index (χ1v) is 19.8. The summed E-state index contributed by atoms with van der Waals surface area (Å²) >= 11 is 0. The summed E-state index contributed by atoms with van der Waals surface area (Å²) in [6.07, 6.45) is -8.86. The second-order valence-corrected chi connectivity index (χ2v) is 14.4. The third-order valence-electron chi connectivity index (χ3n) is 9.72. The van der Waals surface area contributed by atoms with Gasteiger partial charge in [0.1, 0.15) is 24.7 Å². The number of carboxylic acids is 2. The Bertz CT molecular complexity index is 2430. The molecule has 0 spiro atoms. The van der Waals surface area contributed by atoms with Crippen LogP contribution in [0.25, 0.3) is 22.3 Å². The molecule has 6 aromatic rings. The van der Waals surface area contributed by atoms with E-state index in [1.165, 1.54) is 24.3 Å². The Balaban J connectivity index is 0.000000241. The van der Waals surface area contributed by atoms with Crippen molar-refractivity contribution in [3.8, 4) is 57.4 Å². The number of alkyl halides is 6. The maximum atomic E-state index is 12.8. The second kappa shape index (κ2) is 22.1. The lowest BCUT2D eigenvalue weighted by Crippen LogP contribution is -2.04. The molecule has 0 saturated heterocycles. The van der Waals surface area contributed by atoms with Crippen LogP contribution in [0.2, 0.25) is 0 Å². The smallest absolute Gasteiger partial charge is 0.416 e. The van der Waals surface area contributed by atoms with Gasteiger partial charge in [-0.15, -0.1) is 11.8 Å². The Morgan fingerprint density at radius 1 is 0.500 bits per heavy atom. The largest absolute Gasteiger partial charge is 0.489 e. The van der Waals surface area contributed by atoms with E-state index in [0.717, 1.165) is 57.6 Å². The summed E-state index contributed by atoms with van der Waals surface area (Å²) in [7, 11) is 0. The Morgan fingerprint density at radius 2 is 0.844 bits per heavy atom. The van der Waals surface area contributed by atoms with Crippen LogP contribution in [0.1, 0.15) is 71.9 Å². The number of carbonyl (C=O) groups is 2. The summed E-state index contributed by atoms with van der Waals surface area (Å²) in [5.74, 6) is 9.99. The third kappa shape index (κ3) is 14.3. The number of ether oxygens (including phenoxy) is 2. The van der Waals surface area contributed by atoms with Gasteiger partial charge in [0.2, 0.25) is 0 Å². The fourth-order valence-electron chi connectivity index (χ4n) is 6.51. The van der Waals surface area contributed by atoms with E-state index in [2.05, 4.69) is 23.7 Å². The lowest BCUT2D eigenvalue weighted by atomic mass is 9.96. The number of aliphatic carboxylic acids is 2. The third-order valence-corrected chi connectivity index (χ3v) is 9.72. The van der Waals surface area contributed by atoms with Crippen molar-refractivity contribution in [3.63, 3.8) is 0 Å². The average Bonchev–Trinajstić information content (AvgIpc) is 3.27. The van der Waals surface area contributed by atoms with Gasteiger partial charge in [-0.2, -0.15) is 26.3 Å². The lowest BCUT2D eigenvalue weighted by Gasteiger charge is -2.12. The molecule has 0 unspecified atom stereocenters. The van der Waals surface area contributed by atoms with Gasteiger partial charge in [-0.3, -0.25) is 9.59 Å². The second-order valence-electron chi connectivity index (χ2n) is 14.4. The highest BCUT2D eigenvalue weighted by molar-refractivity contribution is 5.70. The number of hydrogen-bond acceptors (Lipinski definition) is 4. The Labute approximate surface area is 367 Å². The Kier molecular flexibility index (Phi) is 16.4. The van der Waals surface area contributed by atoms with Crippen molar-refractivity contribution in [2.75, 3.05) is 0 Å². The van der Waals surface area contributed by atoms with Crippen LogP contribution >= 0.6 is 0 Å². The van der Waals surface area contributed by atoms with E-state index < -0.39 is 35.4 Å². The van der Waals surface area contributed by atoms with Crippen molar-refractivity contribution in [1.29, 1.82) is 0 Å². The van der Waals surface area contributed by atoms with Gasteiger partial charge in [-0.05, 0) is 119 Å². The lowest BCUT2D eigenvalue weighted by molar-refractivity contribution is -0.138. The molecule has 2 atom stereocenters. The molecule has 0 aliphatic rings. The minimum atomic E-state index is -4.36. The SMILES string of the molecule is CC#C[C@@H](CC(=O)O)c1ccc(OCc2cccc(-c3ccc(C(F)(F)F)cc3)c2)cc1.CC#C[C@@H](CC(=O)O)c1ccc(OCc2cccc(-c3ccc(C(F)(F)F)cc3)c2)cc1. The highest BCUT2D eigenvalue weighted by atomic mass is 19.4. The molecule has 328 valence electrons. The van der Waals surface area contributed by atoms with E-state index >= 15 is 0 Å². The molecule has 0 heterocycles. The topological polar surface area (TPSA) is 93.1 Å². The van der Waals surface area contributed by atoms with Gasteiger partial charge >= 0.3 is 24.3 Å². The van der Waals surface area contributed by atoms with E-state index in [0.29, 0.717) is 22.6 Å². The summed E-state index contributed by atoms with van der Waals surface area (Å²) in [4.78, 5) is 22.1. The summed E-state index contributed by atoms with van der Waals surface area (Å²) in [6.45, 7) is 3.90. The van der Waals surface area contributed by atoms with Gasteiger partial charge in [0.15, 0.2) is 0 Å². The van der Waals surface area contributed by atoms with Crippen molar-refractivity contribution in [1.82, 2.24) is 0 Å². The Morgan fingerprint density at radius 3 is 1.14 bits per heavy atom. The van der Waals surface area contributed by atoms with Crippen molar-refractivity contribution in [2.45, 2.75) is 64.1 Å². The number of benzene rings is 6. The van der Waals surface area contributed by atoms with Crippen molar-refractivity contribution < 1.29 is 55.6 Å². The fourth-order valence-corrected chi connectivity index (χ4v) is 6.51. The molecule has 0 aliphatic heterocycles. The average molecular weight is 877 g/mol. The molecular formula is C52H42F6O6. The van der Waals surface area contributed by atoms with Gasteiger partial charge in [0.25, 0.3) is 0 Å². The molecule has 6 aromatic carbocycles. The molecule has 0 radical (unpaired) electrons. The highest BCUT2D eigenvalue weighted by Crippen LogP contribution is 2.33. The zero-order valence-corrected chi connectivity index (χ0v) is 34.6. The predicted molar refractivity (Wildman–Crippen MR) is 232 cm³/mol. The maximum absolute atomic E-state index is 12.8. The number of halogens is 6. The van der Waals surface area contributed by atoms with E-state index in [4.69, 9.17) is 19.7 Å². The number of rotatable bonds is 14. The van der Waals surface area contributed by atoms with Crippen LogP contribution < -0.4 is 9.47 Å². The van der Waals surface area contributed by atoms with Gasteiger partial charge in [0, 0.05) is 0 Å². The van der Waals surface area contributed by atoms with Crippen LogP contribution in [-0.4, -0.2) is 22.2 Å². The summed E-state index contributed by atoms with van der Waals surface area (Å²) in [6, 6.07) is 39.2. The van der Waals surface area contributed by atoms with Crippen LogP contribution in [0.5, 0.6) is 11.5 Å². The van der Waals surface area contributed by atoms with Crippen LogP contribution in [-0.2, 0) is 35.2 Å². The molecule has 2 N–H and O–H groups in total. The van der Waals surface area contributed by atoms with E-state index in [-0.39, 0.29) is 37.9 Å². The molecule has 0 bridgehead atoms. The standard InChI is InChI=1S/2C26H21F3O3/c2*1-2-4-21(16-25(30)31)20-9-13-24(14-10-20)32-17-18-5-3-6-22(15-18)19-7-11-23(12-8-19)26(27,28)29/h2*3,5-15,21H,16-17H2,1H3,(H,30,31)/t2*21-/m00/s1. The van der Waals surface area contributed by atoms with E-state index in [9.17, 15) is 35.9 Å². The zero-order chi connectivity index (χ0) is 46.3. The first-order valence-electron chi connectivity index (χ1n) is 19.8. The van der Waals surface area contributed by atoms with Crippen LogP contribution in [0.3, 0.4) is 0 Å². The molecule has 12 heteroatoms. The maximum Gasteiger partial charge on any atom is 0.416 e. The Hall–Kier alpha value is -7.44. The highest BCUT2D eigenvalue weighted by Gasteiger charge is 2.31. The molecule has 0 aliphatic carbocycles. The van der Waals surface area contributed by atoms with E-state index in [1.807, 2.05) is 48.5 Å². The minimum absolute atomic E-state index is 0.0716. The number of hydrogen-bond donors (Lipinski definition) is 2. The van der Waals surface area contributed by atoms with Crippen LogP contribution in [0, 0.1) is 23.7 Å². The van der Waals surface area contributed by atoms with Gasteiger partial charge in [-0.25, -0.2) is 0 Å². The zero-order valence-electron chi connectivity index (χ0n) is 34.6. The molecular weight excluding hydrogens is 835 g/mol. The van der Waals surface area contributed by atoms with Crippen molar-refractivity contribution >= 4 is 11.9 Å². The first kappa shape index (κ1) is 47.6.